The molecule has 2 aromatic carbocycles. The minimum atomic E-state index is -0.883. The zero-order chi connectivity index (χ0) is 18.9. The van der Waals surface area contributed by atoms with Gasteiger partial charge in [-0.3, -0.25) is 4.79 Å². The van der Waals surface area contributed by atoms with Crippen molar-refractivity contribution in [3.63, 3.8) is 0 Å². The maximum Gasteiger partial charge on any atom is 0.328 e. The van der Waals surface area contributed by atoms with Crippen LogP contribution in [0.1, 0.15) is 17.5 Å². The largest absolute Gasteiger partial charge is 0.467 e. The Morgan fingerprint density at radius 3 is 2.38 bits per heavy atom. The summed E-state index contributed by atoms with van der Waals surface area (Å²) < 4.78 is 31.1. The fourth-order valence-corrected chi connectivity index (χ4v) is 2.40. The number of carbonyl (C=O) groups excluding carboxylic acids is 2. The zero-order valence-corrected chi connectivity index (χ0v) is 14.2. The molecule has 0 saturated heterocycles. The van der Waals surface area contributed by atoms with Gasteiger partial charge in [0.2, 0.25) is 5.91 Å². The quantitative estimate of drug-likeness (QED) is 0.772. The van der Waals surface area contributed by atoms with Gasteiger partial charge in [-0.15, -0.1) is 0 Å². The summed E-state index contributed by atoms with van der Waals surface area (Å²) in [6.07, 6.45) is 3.55. The molecule has 0 spiro atoms. The Hall–Kier alpha value is -3.02. The summed E-state index contributed by atoms with van der Waals surface area (Å²) in [4.78, 5) is 24.0. The molecule has 0 saturated carbocycles. The highest BCUT2D eigenvalue weighted by Gasteiger charge is 2.20. The average molecular weight is 359 g/mol. The third-order valence-corrected chi connectivity index (χ3v) is 3.59. The van der Waals surface area contributed by atoms with Crippen LogP contribution in [-0.4, -0.2) is 25.0 Å². The maximum atomic E-state index is 13.2. The van der Waals surface area contributed by atoms with E-state index in [0.717, 1.165) is 23.8 Å². The van der Waals surface area contributed by atoms with Crippen molar-refractivity contribution in [3.8, 4) is 0 Å². The number of carbonyl (C=O) groups is 2. The number of methoxy groups -OCH3 is 1. The van der Waals surface area contributed by atoms with Crippen molar-refractivity contribution < 1.29 is 23.1 Å². The second-order valence-electron chi connectivity index (χ2n) is 5.65. The molecule has 0 aliphatic heterocycles. The van der Waals surface area contributed by atoms with Gasteiger partial charge in [0.25, 0.3) is 0 Å². The molecule has 0 aliphatic carbocycles. The van der Waals surface area contributed by atoms with Crippen molar-refractivity contribution in [1.82, 2.24) is 5.32 Å². The van der Waals surface area contributed by atoms with Crippen LogP contribution in [0.25, 0.3) is 6.08 Å². The van der Waals surface area contributed by atoms with Crippen LogP contribution in [-0.2, 0) is 20.7 Å². The van der Waals surface area contributed by atoms with Crippen molar-refractivity contribution in [2.24, 2.45) is 0 Å². The second-order valence-corrected chi connectivity index (χ2v) is 5.65. The Labute approximate surface area is 150 Å². The average Bonchev–Trinajstić information content (AvgIpc) is 2.60. The van der Waals surface area contributed by atoms with Crippen molar-refractivity contribution >= 4 is 18.0 Å². The smallest absolute Gasteiger partial charge is 0.328 e. The Balaban J connectivity index is 1.99. The first-order chi connectivity index (χ1) is 12.5. The number of hydrogen-bond acceptors (Lipinski definition) is 3. The van der Waals surface area contributed by atoms with E-state index in [4.69, 9.17) is 4.74 Å². The van der Waals surface area contributed by atoms with Crippen molar-refractivity contribution in [2.75, 3.05) is 7.11 Å². The van der Waals surface area contributed by atoms with E-state index in [1.54, 1.807) is 6.08 Å². The van der Waals surface area contributed by atoms with Crippen LogP contribution < -0.4 is 5.32 Å². The second kappa shape index (κ2) is 9.46. The highest BCUT2D eigenvalue weighted by atomic mass is 19.1. The molecule has 6 heteroatoms. The van der Waals surface area contributed by atoms with Crippen LogP contribution in [0.15, 0.2) is 54.6 Å². The standard InChI is InChI=1S/C20H19F2NO3/c1-26-20(25)18(9-5-8-14-6-3-2-4-7-14)23-19(24)12-15-10-16(21)13-17(22)11-15/h2-8,10-11,13,18H,9,12H2,1H3,(H,23,24)/b8-5+/t18-/m1/s1. The van der Waals surface area contributed by atoms with Gasteiger partial charge in [-0.05, 0) is 29.7 Å². The minimum absolute atomic E-state index is 0.184. The first-order valence-corrected chi connectivity index (χ1v) is 8.01. The molecule has 0 bridgehead atoms. The molecule has 0 unspecified atom stereocenters. The summed E-state index contributed by atoms with van der Waals surface area (Å²) in [6.45, 7) is 0. The summed E-state index contributed by atoms with van der Waals surface area (Å²) in [5.41, 5.74) is 1.14. The van der Waals surface area contributed by atoms with Crippen LogP contribution >= 0.6 is 0 Å². The van der Waals surface area contributed by atoms with Gasteiger partial charge in [-0.2, -0.15) is 0 Å². The first kappa shape index (κ1) is 19.3. The molecule has 0 heterocycles. The van der Waals surface area contributed by atoms with Gasteiger partial charge in [-0.25, -0.2) is 13.6 Å². The van der Waals surface area contributed by atoms with Crippen LogP contribution in [0.3, 0.4) is 0 Å². The monoisotopic (exact) mass is 359 g/mol. The fraction of sp³-hybridized carbons (Fsp3) is 0.200. The Morgan fingerprint density at radius 2 is 1.77 bits per heavy atom. The molecule has 2 aromatic rings. The van der Waals surface area contributed by atoms with E-state index in [9.17, 15) is 18.4 Å². The van der Waals surface area contributed by atoms with Gasteiger partial charge in [-0.1, -0.05) is 42.5 Å². The topological polar surface area (TPSA) is 55.4 Å². The predicted octanol–water partition coefficient (Wildman–Crippen LogP) is 3.27. The molecule has 136 valence electrons. The normalized spacial score (nSPS) is 12.0. The molecule has 26 heavy (non-hydrogen) atoms. The molecule has 1 N–H and O–H groups in total. The van der Waals surface area contributed by atoms with E-state index in [0.29, 0.717) is 0 Å². The lowest BCUT2D eigenvalue weighted by Gasteiger charge is -2.15. The van der Waals surface area contributed by atoms with Gasteiger partial charge in [0, 0.05) is 6.07 Å². The summed E-state index contributed by atoms with van der Waals surface area (Å²) in [5.74, 6) is -2.65. The number of ether oxygens (including phenoxy) is 1. The van der Waals surface area contributed by atoms with Crippen molar-refractivity contribution in [3.05, 3.63) is 77.4 Å². The third-order valence-electron chi connectivity index (χ3n) is 3.59. The molecule has 0 aromatic heterocycles. The number of benzene rings is 2. The van der Waals surface area contributed by atoms with Gasteiger partial charge >= 0.3 is 5.97 Å². The summed E-state index contributed by atoms with van der Waals surface area (Å²) in [5, 5.41) is 2.53. The minimum Gasteiger partial charge on any atom is -0.467 e. The van der Waals surface area contributed by atoms with E-state index in [-0.39, 0.29) is 18.4 Å². The Kier molecular flexibility index (Phi) is 7.02. The lowest BCUT2D eigenvalue weighted by Crippen LogP contribution is -2.41. The molecular weight excluding hydrogens is 340 g/mol. The van der Waals surface area contributed by atoms with Crippen LogP contribution in [0.2, 0.25) is 0 Å². The van der Waals surface area contributed by atoms with Crippen molar-refractivity contribution in [2.45, 2.75) is 18.9 Å². The Morgan fingerprint density at radius 1 is 1.12 bits per heavy atom. The molecule has 1 amide bonds. The number of nitrogens with one attached hydrogen (secondary N) is 1. The lowest BCUT2D eigenvalue weighted by molar-refractivity contribution is -0.144. The molecule has 0 fully saturated rings. The first-order valence-electron chi connectivity index (χ1n) is 8.01. The van der Waals surface area contributed by atoms with Crippen LogP contribution in [0.4, 0.5) is 8.78 Å². The number of halogens is 2. The van der Waals surface area contributed by atoms with E-state index < -0.39 is 29.6 Å². The third kappa shape index (κ3) is 6.12. The molecule has 1 atom stereocenters. The van der Waals surface area contributed by atoms with Gasteiger partial charge in [0.1, 0.15) is 17.7 Å². The van der Waals surface area contributed by atoms with Crippen molar-refractivity contribution in [1.29, 1.82) is 0 Å². The van der Waals surface area contributed by atoms with Gasteiger partial charge < -0.3 is 10.1 Å². The van der Waals surface area contributed by atoms with E-state index in [2.05, 4.69) is 5.32 Å². The van der Waals surface area contributed by atoms with Crippen LogP contribution in [0.5, 0.6) is 0 Å². The highest BCUT2D eigenvalue weighted by molar-refractivity contribution is 5.85. The fourth-order valence-electron chi connectivity index (χ4n) is 2.40. The maximum absolute atomic E-state index is 13.2. The van der Waals surface area contributed by atoms with E-state index >= 15 is 0 Å². The number of esters is 1. The Bertz CT molecular complexity index is 771. The van der Waals surface area contributed by atoms with Gasteiger partial charge in [0.15, 0.2) is 0 Å². The van der Waals surface area contributed by atoms with E-state index in [1.807, 2.05) is 36.4 Å². The zero-order valence-electron chi connectivity index (χ0n) is 14.2. The molecule has 0 aliphatic rings. The molecule has 2 rings (SSSR count). The molecule has 4 nitrogen and oxygen atoms in total. The predicted molar refractivity (Wildman–Crippen MR) is 94.1 cm³/mol. The molecule has 0 radical (unpaired) electrons. The summed E-state index contributed by atoms with van der Waals surface area (Å²) in [7, 11) is 1.23. The SMILES string of the molecule is COC(=O)[C@@H](C/C=C/c1ccccc1)NC(=O)Cc1cc(F)cc(F)c1. The molecular formula is C20H19F2NO3. The highest BCUT2D eigenvalue weighted by Crippen LogP contribution is 2.09. The summed E-state index contributed by atoms with van der Waals surface area (Å²) >= 11 is 0. The van der Waals surface area contributed by atoms with Crippen LogP contribution in [0, 0.1) is 11.6 Å². The lowest BCUT2D eigenvalue weighted by atomic mass is 10.1. The van der Waals surface area contributed by atoms with E-state index in [1.165, 1.54) is 7.11 Å². The van der Waals surface area contributed by atoms with Gasteiger partial charge in [0.05, 0.1) is 13.5 Å². The summed E-state index contributed by atoms with van der Waals surface area (Å²) in [6, 6.07) is 11.5. The number of rotatable bonds is 7. The number of hydrogen-bond donors (Lipinski definition) is 1. The number of amides is 1.